The van der Waals surface area contributed by atoms with Crippen LogP contribution in [0.3, 0.4) is 0 Å². The summed E-state index contributed by atoms with van der Waals surface area (Å²) in [6.07, 6.45) is 0.662. The average Bonchev–Trinajstić information content (AvgIpc) is 2.55. The van der Waals surface area contributed by atoms with Gasteiger partial charge in [-0.3, -0.25) is 4.79 Å². The van der Waals surface area contributed by atoms with Crippen molar-refractivity contribution in [2.24, 2.45) is 5.92 Å². The number of carbonyl (C=O) groups excluding carboxylic acids is 1. The molecule has 0 unspecified atom stereocenters. The van der Waals surface area contributed by atoms with Crippen LogP contribution in [0.25, 0.3) is 0 Å². The lowest BCUT2D eigenvalue weighted by atomic mass is 9.98. The van der Waals surface area contributed by atoms with Gasteiger partial charge in [-0.25, -0.2) is 0 Å². The van der Waals surface area contributed by atoms with E-state index in [1.165, 1.54) is 0 Å². The molecule has 1 N–H and O–H groups in total. The van der Waals surface area contributed by atoms with Crippen LogP contribution in [-0.2, 0) is 11.3 Å². The van der Waals surface area contributed by atoms with E-state index in [9.17, 15) is 4.79 Å². The molecule has 4 nitrogen and oxygen atoms in total. The molecule has 0 spiro atoms. The van der Waals surface area contributed by atoms with E-state index in [-0.39, 0.29) is 5.91 Å². The van der Waals surface area contributed by atoms with Crippen LogP contribution in [-0.4, -0.2) is 37.0 Å². The van der Waals surface area contributed by atoms with Crippen molar-refractivity contribution in [3.05, 3.63) is 29.8 Å². The number of amides is 1. The molecule has 0 atom stereocenters. The van der Waals surface area contributed by atoms with E-state index in [0.29, 0.717) is 32.0 Å². The molecule has 2 aliphatic heterocycles. The molecular weight excluding hydrogens is 228 g/mol. The predicted molar refractivity (Wildman–Crippen MR) is 68.3 cm³/mol. The highest BCUT2D eigenvalue weighted by Crippen LogP contribution is 2.23. The van der Waals surface area contributed by atoms with Crippen LogP contribution < -0.4 is 10.1 Å². The highest BCUT2D eigenvalue weighted by molar-refractivity contribution is 5.76. The summed E-state index contributed by atoms with van der Waals surface area (Å²) in [6, 6.07) is 7.97. The SMILES string of the molecule is O=C(CC1CNC1)N1CCOc2ccccc2C1. The van der Waals surface area contributed by atoms with Crippen molar-refractivity contribution >= 4 is 5.91 Å². The van der Waals surface area contributed by atoms with Gasteiger partial charge in [0.1, 0.15) is 12.4 Å². The second-order valence-corrected chi connectivity index (χ2v) is 5.00. The number of carbonyl (C=O) groups is 1. The third-order valence-corrected chi connectivity index (χ3v) is 3.63. The number of hydrogen-bond donors (Lipinski definition) is 1. The minimum Gasteiger partial charge on any atom is -0.491 e. The third kappa shape index (κ3) is 2.34. The Morgan fingerprint density at radius 2 is 2.22 bits per heavy atom. The zero-order chi connectivity index (χ0) is 12.4. The number of nitrogens with one attached hydrogen (secondary N) is 1. The highest BCUT2D eigenvalue weighted by Gasteiger charge is 2.25. The molecule has 0 saturated carbocycles. The van der Waals surface area contributed by atoms with Gasteiger partial charge in [0, 0.05) is 18.5 Å². The van der Waals surface area contributed by atoms with Crippen LogP contribution in [0, 0.1) is 5.92 Å². The Kier molecular flexibility index (Phi) is 3.19. The van der Waals surface area contributed by atoms with Gasteiger partial charge in [-0.05, 0) is 25.1 Å². The normalized spacial score (nSPS) is 19.4. The second kappa shape index (κ2) is 4.98. The molecule has 1 fully saturated rings. The molecule has 0 radical (unpaired) electrons. The smallest absolute Gasteiger partial charge is 0.223 e. The van der Waals surface area contributed by atoms with Crippen molar-refractivity contribution in [1.29, 1.82) is 0 Å². The first-order chi connectivity index (χ1) is 8.83. The van der Waals surface area contributed by atoms with E-state index < -0.39 is 0 Å². The maximum absolute atomic E-state index is 12.2. The monoisotopic (exact) mass is 246 g/mol. The molecule has 0 aromatic heterocycles. The van der Waals surface area contributed by atoms with E-state index in [1.54, 1.807) is 0 Å². The Morgan fingerprint density at radius 3 is 3.00 bits per heavy atom. The molecule has 1 aromatic carbocycles. The molecule has 18 heavy (non-hydrogen) atoms. The van der Waals surface area contributed by atoms with Crippen LogP contribution in [0.4, 0.5) is 0 Å². The number of rotatable bonds is 2. The largest absolute Gasteiger partial charge is 0.491 e. The summed E-state index contributed by atoms with van der Waals surface area (Å²) in [5, 5.41) is 3.20. The lowest BCUT2D eigenvalue weighted by molar-refractivity contribution is -0.133. The van der Waals surface area contributed by atoms with Crippen LogP contribution in [0.5, 0.6) is 5.75 Å². The zero-order valence-corrected chi connectivity index (χ0v) is 10.4. The number of para-hydroxylation sites is 1. The van der Waals surface area contributed by atoms with Crippen molar-refractivity contribution in [2.75, 3.05) is 26.2 Å². The molecular formula is C14H18N2O2. The first-order valence-corrected chi connectivity index (χ1v) is 6.52. The Morgan fingerprint density at radius 1 is 1.39 bits per heavy atom. The standard InChI is InChI=1S/C14H18N2O2/c17-14(7-11-8-15-9-11)16-5-6-18-13-4-2-1-3-12(13)10-16/h1-4,11,15H,5-10H2. The molecule has 2 heterocycles. The highest BCUT2D eigenvalue weighted by atomic mass is 16.5. The fourth-order valence-electron chi connectivity index (χ4n) is 2.41. The zero-order valence-electron chi connectivity index (χ0n) is 10.4. The molecule has 1 amide bonds. The molecule has 1 saturated heterocycles. The minimum absolute atomic E-state index is 0.252. The van der Waals surface area contributed by atoms with Crippen LogP contribution in [0.2, 0.25) is 0 Å². The molecule has 0 aliphatic carbocycles. The van der Waals surface area contributed by atoms with E-state index in [0.717, 1.165) is 24.4 Å². The summed E-state index contributed by atoms with van der Waals surface area (Å²) in [5.74, 6) is 1.69. The number of ether oxygens (including phenoxy) is 1. The van der Waals surface area contributed by atoms with Crippen LogP contribution in [0.1, 0.15) is 12.0 Å². The third-order valence-electron chi connectivity index (χ3n) is 3.63. The van der Waals surface area contributed by atoms with Gasteiger partial charge in [-0.2, -0.15) is 0 Å². The summed E-state index contributed by atoms with van der Waals surface area (Å²) in [7, 11) is 0. The summed E-state index contributed by atoms with van der Waals surface area (Å²) >= 11 is 0. The lowest BCUT2D eigenvalue weighted by Crippen LogP contribution is -2.45. The van der Waals surface area contributed by atoms with Gasteiger partial charge in [0.15, 0.2) is 0 Å². The van der Waals surface area contributed by atoms with Gasteiger partial charge in [-0.1, -0.05) is 18.2 Å². The first kappa shape index (κ1) is 11.5. The van der Waals surface area contributed by atoms with Crippen molar-refractivity contribution < 1.29 is 9.53 Å². The van der Waals surface area contributed by atoms with E-state index >= 15 is 0 Å². The first-order valence-electron chi connectivity index (χ1n) is 6.52. The quantitative estimate of drug-likeness (QED) is 0.847. The molecule has 3 rings (SSSR count). The average molecular weight is 246 g/mol. The summed E-state index contributed by atoms with van der Waals surface area (Å²) in [5.41, 5.74) is 1.11. The second-order valence-electron chi connectivity index (χ2n) is 5.00. The summed E-state index contributed by atoms with van der Waals surface area (Å²) in [4.78, 5) is 14.1. The minimum atomic E-state index is 0.252. The molecule has 2 aliphatic rings. The van der Waals surface area contributed by atoms with Gasteiger partial charge in [-0.15, -0.1) is 0 Å². The number of hydrogen-bond acceptors (Lipinski definition) is 3. The van der Waals surface area contributed by atoms with E-state index in [4.69, 9.17) is 4.74 Å². The topological polar surface area (TPSA) is 41.6 Å². The van der Waals surface area contributed by atoms with E-state index in [1.807, 2.05) is 29.2 Å². The van der Waals surface area contributed by atoms with Crippen molar-refractivity contribution in [3.8, 4) is 5.75 Å². The summed E-state index contributed by atoms with van der Waals surface area (Å²) < 4.78 is 5.67. The van der Waals surface area contributed by atoms with Crippen molar-refractivity contribution in [3.63, 3.8) is 0 Å². The van der Waals surface area contributed by atoms with Crippen molar-refractivity contribution in [2.45, 2.75) is 13.0 Å². The predicted octanol–water partition coefficient (Wildman–Crippen LogP) is 1.02. The lowest BCUT2D eigenvalue weighted by Gasteiger charge is -2.29. The Balaban J connectivity index is 1.68. The maximum Gasteiger partial charge on any atom is 0.223 e. The number of benzene rings is 1. The molecule has 96 valence electrons. The summed E-state index contributed by atoms with van der Waals surface area (Å²) in [6.45, 7) is 3.91. The van der Waals surface area contributed by atoms with Gasteiger partial charge in [0.05, 0.1) is 6.54 Å². The molecule has 1 aromatic rings. The Labute approximate surface area is 107 Å². The molecule has 0 bridgehead atoms. The van der Waals surface area contributed by atoms with E-state index in [2.05, 4.69) is 5.32 Å². The Bertz CT molecular complexity index is 443. The van der Waals surface area contributed by atoms with Gasteiger partial charge >= 0.3 is 0 Å². The fourth-order valence-corrected chi connectivity index (χ4v) is 2.41. The maximum atomic E-state index is 12.2. The van der Waals surface area contributed by atoms with Crippen LogP contribution >= 0.6 is 0 Å². The van der Waals surface area contributed by atoms with Gasteiger partial charge < -0.3 is 15.0 Å². The van der Waals surface area contributed by atoms with Crippen molar-refractivity contribution in [1.82, 2.24) is 10.2 Å². The number of nitrogens with zero attached hydrogens (tertiary/aromatic N) is 1. The van der Waals surface area contributed by atoms with Gasteiger partial charge in [0.2, 0.25) is 5.91 Å². The Hall–Kier alpha value is -1.55. The molecule has 4 heteroatoms. The number of fused-ring (bicyclic) bond motifs is 1. The van der Waals surface area contributed by atoms with Crippen LogP contribution in [0.15, 0.2) is 24.3 Å². The van der Waals surface area contributed by atoms with Gasteiger partial charge in [0.25, 0.3) is 0 Å². The fraction of sp³-hybridized carbons (Fsp3) is 0.500.